The SMILES string of the molecule is C/C(=N/NC(=O)c1cc(-c2ccc(C)c(C)c2)n[nH]1)c1ccncc1. The molecule has 2 heterocycles. The van der Waals surface area contributed by atoms with Crippen LogP contribution in [0.5, 0.6) is 0 Å². The summed E-state index contributed by atoms with van der Waals surface area (Å²) in [5, 5.41) is 11.1. The average Bonchev–Trinajstić information content (AvgIpc) is 3.12. The van der Waals surface area contributed by atoms with Crippen LogP contribution in [0.25, 0.3) is 11.3 Å². The molecule has 0 saturated carbocycles. The number of carbonyl (C=O) groups is 1. The maximum Gasteiger partial charge on any atom is 0.289 e. The third kappa shape index (κ3) is 3.80. The van der Waals surface area contributed by atoms with Crippen LogP contribution in [0.2, 0.25) is 0 Å². The average molecular weight is 333 g/mol. The van der Waals surface area contributed by atoms with Crippen molar-refractivity contribution >= 4 is 11.6 Å². The summed E-state index contributed by atoms with van der Waals surface area (Å²) in [6, 6.07) is 11.5. The van der Waals surface area contributed by atoms with Crippen molar-refractivity contribution in [1.82, 2.24) is 20.6 Å². The quantitative estimate of drug-likeness (QED) is 0.568. The summed E-state index contributed by atoms with van der Waals surface area (Å²) in [5.74, 6) is -0.337. The van der Waals surface area contributed by atoms with E-state index in [0.29, 0.717) is 11.4 Å². The Bertz CT molecular complexity index is 928. The normalized spacial score (nSPS) is 11.4. The highest BCUT2D eigenvalue weighted by Crippen LogP contribution is 2.20. The van der Waals surface area contributed by atoms with Gasteiger partial charge in [0.15, 0.2) is 0 Å². The predicted octanol–water partition coefficient (Wildman–Crippen LogP) is 3.24. The second-order valence-corrected chi connectivity index (χ2v) is 5.84. The van der Waals surface area contributed by atoms with Gasteiger partial charge in [0.05, 0.1) is 11.4 Å². The minimum absolute atomic E-state index is 0.337. The highest BCUT2D eigenvalue weighted by Gasteiger charge is 2.11. The number of H-pyrrole nitrogens is 1. The third-order valence-corrected chi connectivity index (χ3v) is 4.05. The fraction of sp³-hybridized carbons (Fsp3) is 0.158. The molecule has 0 fully saturated rings. The topological polar surface area (TPSA) is 83.0 Å². The molecule has 3 aromatic rings. The molecule has 0 saturated heterocycles. The van der Waals surface area contributed by atoms with Gasteiger partial charge in [0.2, 0.25) is 0 Å². The van der Waals surface area contributed by atoms with Crippen LogP contribution >= 0.6 is 0 Å². The van der Waals surface area contributed by atoms with E-state index in [9.17, 15) is 4.79 Å². The number of carbonyl (C=O) groups excluding carboxylic acids is 1. The van der Waals surface area contributed by atoms with Gasteiger partial charge < -0.3 is 0 Å². The molecule has 2 N–H and O–H groups in total. The van der Waals surface area contributed by atoms with Crippen LogP contribution in [0.3, 0.4) is 0 Å². The summed E-state index contributed by atoms with van der Waals surface area (Å²) in [6.45, 7) is 5.93. The number of hydrogen-bond donors (Lipinski definition) is 2. The molecule has 0 atom stereocenters. The molecule has 0 aliphatic rings. The molecular weight excluding hydrogens is 314 g/mol. The Hall–Kier alpha value is -3.28. The fourth-order valence-electron chi connectivity index (χ4n) is 2.34. The van der Waals surface area contributed by atoms with E-state index >= 15 is 0 Å². The van der Waals surface area contributed by atoms with Gasteiger partial charge in [-0.1, -0.05) is 12.1 Å². The van der Waals surface area contributed by atoms with Gasteiger partial charge in [-0.3, -0.25) is 14.9 Å². The second kappa shape index (κ2) is 7.09. The predicted molar refractivity (Wildman–Crippen MR) is 97.4 cm³/mol. The number of aromatic nitrogens is 3. The van der Waals surface area contributed by atoms with E-state index in [4.69, 9.17) is 0 Å². The Morgan fingerprint density at radius 1 is 1.08 bits per heavy atom. The van der Waals surface area contributed by atoms with Crippen LogP contribution in [-0.4, -0.2) is 26.8 Å². The second-order valence-electron chi connectivity index (χ2n) is 5.84. The minimum Gasteiger partial charge on any atom is -0.272 e. The molecule has 2 aromatic heterocycles. The van der Waals surface area contributed by atoms with Crippen LogP contribution in [0.15, 0.2) is 53.9 Å². The molecular formula is C19H19N5O. The molecule has 1 aromatic carbocycles. The van der Waals surface area contributed by atoms with Crippen LogP contribution in [0, 0.1) is 13.8 Å². The molecule has 3 rings (SSSR count). The lowest BCUT2D eigenvalue weighted by Crippen LogP contribution is -2.19. The molecule has 1 amide bonds. The lowest BCUT2D eigenvalue weighted by atomic mass is 10.0. The number of hydrogen-bond acceptors (Lipinski definition) is 4. The first-order valence-electron chi connectivity index (χ1n) is 7.92. The number of nitrogens with one attached hydrogen (secondary N) is 2. The first-order chi connectivity index (χ1) is 12.0. The summed E-state index contributed by atoms with van der Waals surface area (Å²) in [4.78, 5) is 16.2. The summed E-state index contributed by atoms with van der Waals surface area (Å²) in [6.07, 6.45) is 3.36. The highest BCUT2D eigenvalue weighted by molar-refractivity contribution is 6.00. The van der Waals surface area contributed by atoms with E-state index in [1.165, 1.54) is 11.1 Å². The van der Waals surface area contributed by atoms with E-state index in [0.717, 1.165) is 16.8 Å². The van der Waals surface area contributed by atoms with E-state index in [2.05, 4.69) is 45.6 Å². The van der Waals surface area contributed by atoms with E-state index in [-0.39, 0.29) is 5.91 Å². The molecule has 6 nitrogen and oxygen atoms in total. The number of aryl methyl sites for hydroxylation is 2. The van der Waals surface area contributed by atoms with E-state index in [1.807, 2.05) is 31.2 Å². The maximum atomic E-state index is 12.2. The first kappa shape index (κ1) is 16.6. The number of nitrogens with zero attached hydrogens (tertiary/aromatic N) is 3. The monoisotopic (exact) mass is 333 g/mol. The van der Waals surface area contributed by atoms with Gasteiger partial charge in [0.25, 0.3) is 5.91 Å². The smallest absolute Gasteiger partial charge is 0.272 e. The van der Waals surface area contributed by atoms with Crippen LogP contribution in [-0.2, 0) is 0 Å². The van der Waals surface area contributed by atoms with Gasteiger partial charge in [-0.25, -0.2) is 5.43 Å². The number of benzene rings is 1. The van der Waals surface area contributed by atoms with Crippen molar-refractivity contribution in [3.8, 4) is 11.3 Å². The van der Waals surface area contributed by atoms with Crippen molar-refractivity contribution in [3.63, 3.8) is 0 Å². The number of pyridine rings is 1. The lowest BCUT2D eigenvalue weighted by Gasteiger charge is -2.02. The van der Waals surface area contributed by atoms with Crippen molar-refractivity contribution in [3.05, 3.63) is 71.2 Å². The maximum absolute atomic E-state index is 12.2. The molecule has 0 aliphatic heterocycles. The van der Waals surface area contributed by atoms with Crippen molar-refractivity contribution in [2.75, 3.05) is 0 Å². The zero-order chi connectivity index (χ0) is 17.8. The van der Waals surface area contributed by atoms with Gasteiger partial charge in [-0.2, -0.15) is 10.2 Å². The molecule has 0 aliphatic carbocycles. The summed E-state index contributed by atoms with van der Waals surface area (Å²) < 4.78 is 0. The van der Waals surface area contributed by atoms with Crippen LogP contribution in [0.1, 0.15) is 34.1 Å². The Labute approximate surface area is 146 Å². The first-order valence-corrected chi connectivity index (χ1v) is 7.92. The summed E-state index contributed by atoms with van der Waals surface area (Å²) >= 11 is 0. The number of rotatable bonds is 4. The molecule has 0 spiro atoms. The highest BCUT2D eigenvalue weighted by atomic mass is 16.2. The van der Waals surface area contributed by atoms with Gasteiger partial charge in [0.1, 0.15) is 5.69 Å². The Morgan fingerprint density at radius 2 is 1.84 bits per heavy atom. The Balaban J connectivity index is 1.73. The van der Waals surface area contributed by atoms with Gasteiger partial charge >= 0.3 is 0 Å². The zero-order valence-corrected chi connectivity index (χ0v) is 14.4. The molecule has 6 heteroatoms. The summed E-state index contributed by atoms with van der Waals surface area (Å²) in [5.41, 5.74) is 8.60. The molecule has 0 bridgehead atoms. The lowest BCUT2D eigenvalue weighted by molar-refractivity contribution is 0.0950. The van der Waals surface area contributed by atoms with Gasteiger partial charge in [-0.05, 0) is 56.2 Å². The van der Waals surface area contributed by atoms with E-state index < -0.39 is 0 Å². The van der Waals surface area contributed by atoms with E-state index in [1.54, 1.807) is 18.5 Å². The van der Waals surface area contributed by atoms with Gasteiger partial charge in [-0.15, -0.1) is 0 Å². The Kier molecular flexibility index (Phi) is 4.70. The molecule has 0 unspecified atom stereocenters. The van der Waals surface area contributed by atoms with Crippen molar-refractivity contribution < 1.29 is 4.79 Å². The minimum atomic E-state index is -0.337. The molecule has 0 radical (unpaired) electrons. The van der Waals surface area contributed by atoms with Crippen molar-refractivity contribution in [2.45, 2.75) is 20.8 Å². The zero-order valence-electron chi connectivity index (χ0n) is 14.4. The van der Waals surface area contributed by atoms with Crippen molar-refractivity contribution in [1.29, 1.82) is 0 Å². The van der Waals surface area contributed by atoms with Crippen LogP contribution < -0.4 is 5.43 Å². The van der Waals surface area contributed by atoms with Crippen LogP contribution in [0.4, 0.5) is 0 Å². The summed E-state index contributed by atoms with van der Waals surface area (Å²) in [7, 11) is 0. The van der Waals surface area contributed by atoms with Crippen molar-refractivity contribution in [2.24, 2.45) is 5.10 Å². The largest absolute Gasteiger partial charge is 0.289 e. The number of aromatic amines is 1. The number of amides is 1. The number of hydrazone groups is 1. The van der Waals surface area contributed by atoms with Gasteiger partial charge in [0, 0.05) is 23.5 Å². The fourth-order valence-corrected chi connectivity index (χ4v) is 2.34. The third-order valence-electron chi connectivity index (χ3n) is 4.05. The standard InChI is InChI=1S/C19H19N5O/c1-12-4-5-16(10-13(12)2)17-11-18(23-22-17)19(25)24-21-14(3)15-6-8-20-9-7-15/h4-11H,1-3H3,(H,22,23)(H,24,25)/b21-14-. The Morgan fingerprint density at radius 3 is 2.56 bits per heavy atom. The molecule has 25 heavy (non-hydrogen) atoms. The molecule has 126 valence electrons.